The standard InChI is InChI=1S/C14H17N3O4/c15-13(19)11-6-2-4-8-17(11)12(18)9-21-14(20)10-5-1-3-7-16-10/h1,3,5,7,11H,2,4,6,8-9H2,(H2,15,19). The van der Waals surface area contributed by atoms with E-state index < -0.39 is 30.4 Å². The van der Waals surface area contributed by atoms with Crippen molar-refractivity contribution in [3.8, 4) is 0 Å². The molecule has 1 fully saturated rings. The summed E-state index contributed by atoms with van der Waals surface area (Å²) in [4.78, 5) is 40.3. The number of nitrogens with two attached hydrogens (primary N) is 1. The number of ether oxygens (including phenoxy) is 1. The predicted molar refractivity (Wildman–Crippen MR) is 73.1 cm³/mol. The van der Waals surface area contributed by atoms with E-state index in [1.807, 2.05) is 0 Å². The SMILES string of the molecule is NC(=O)C1CCCCN1C(=O)COC(=O)c1ccccn1. The van der Waals surface area contributed by atoms with E-state index in [0.29, 0.717) is 13.0 Å². The Balaban J connectivity index is 1.92. The van der Waals surface area contributed by atoms with Gasteiger partial charge in [0.15, 0.2) is 6.61 Å². The second-order valence-corrected chi connectivity index (χ2v) is 4.79. The molecule has 21 heavy (non-hydrogen) atoms. The number of primary amides is 1. The largest absolute Gasteiger partial charge is 0.451 e. The molecule has 1 atom stereocenters. The molecule has 1 aromatic heterocycles. The smallest absolute Gasteiger partial charge is 0.357 e. The first-order valence-electron chi connectivity index (χ1n) is 6.76. The van der Waals surface area contributed by atoms with Crippen molar-refractivity contribution in [3.05, 3.63) is 30.1 Å². The van der Waals surface area contributed by atoms with Crippen LogP contribution in [-0.4, -0.2) is 46.9 Å². The van der Waals surface area contributed by atoms with Crippen molar-refractivity contribution in [2.24, 2.45) is 5.73 Å². The molecule has 7 nitrogen and oxygen atoms in total. The fourth-order valence-electron chi connectivity index (χ4n) is 2.29. The van der Waals surface area contributed by atoms with Gasteiger partial charge in [-0.3, -0.25) is 9.59 Å². The minimum Gasteiger partial charge on any atom is -0.451 e. The Morgan fingerprint density at radius 1 is 1.33 bits per heavy atom. The molecule has 2 heterocycles. The zero-order valence-electron chi connectivity index (χ0n) is 11.5. The maximum absolute atomic E-state index is 12.1. The molecule has 0 aliphatic carbocycles. The summed E-state index contributed by atoms with van der Waals surface area (Å²) in [5.41, 5.74) is 5.43. The molecule has 2 rings (SSSR count). The van der Waals surface area contributed by atoms with Gasteiger partial charge in [0.1, 0.15) is 11.7 Å². The molecule has 1 aliphatic heterocycles. The summed E-state index contributed by atoms with van der Waals surface area (Å²) in [6.07, 6.45) is 3.68. The van der Waals surface area contributed by atoms with Gasteiger partial charge in [-0.25, -0.2) is 9.78 Å². The highest BCUT2D eigenvalue weighted by Crippen LogP contribution is 2.17. The van der Waals surface area contributed by atoms with Crippen LogP contribution in [0.3, 0.4) is 0 Å². The summed E-state index contributed by atoms with van der Waals surface area (Å²) >= 11 is 0. The third kappa shape index (κ3) is 3.77. The number of hydrogen-bond acceptors (Lipinski definition) is 5. The summed E-state index contributed by atoms with van der Waals surface area (Å²) in [5, 5.41) is 0. The highest BCUT2D eigenvalue weighted by Gasteiger charge is 2.31. The Labute approximate surface area is 122 Å². The van der Waals surface area contributed by atoms with Crippen molar-refractivity contribution in [3.63, 3.8) is 0 Å². The van der Waals surface area contributed by atoms with Gasteiger partial charge >= 0.3 is 5.97 Å². The van der Waals surface area contributed by atoms with Gasteiger partial charge in [-0.1, -0.05) is 6.07 Å². The molecule has 1 aromatic rings. The molecular weight excluding hydrogens is 274 g/mol. The first kappa shape index (κ1) is 15.0. The zero-order valence-corrected chi connectivity index (χ0v) is 11.5. The van der Waals surface area contributed by atoms with Gasteiger partial charge in [0, 0.05) is 12.7 Å². The fourth-order valence-corrected chi connectivity index (χ4v) is 2.29. The molecule has 0 spiro atoms. The third-order valence-corrected chi connectivity index (χ3v) is 3.35. The Hall–Kier alpha value is -2.44. The summed E-state index contributed by atoms with van der Waals surface area (Å²) in [7, 11) is 0. The molecule has 0 bridgehead atoms. The lowest BCUT2D eigenvalue weighted by atomic mass is 10.0. The van der Waals surface area contributed by atoms with Gasteiger partial charge in [0.2, 0.25) is 5.91 Å². The highest BCUT2D eigenvalue weighted by molar-refractivity contribution is 5.91. The van der Waals surface area contributed by atoms with Crippen molar-refractivity contribution in [2.45, 2.75) is 25.3 Å². The fraction of sp³-hybridized carbons (Fsp3) is 0.429. The van der Waals surface area contributed by atoms with E-state index >= 15 is 0 Å². The van der Waals surface area contributed by atoms with Crippen molar-refractivity contribution < 1.29 is 19.1 Å². The van der Waals surface area contributed by atoms with Gasteiger partial charge in [-0.15, -0.1) is 0 Å². The number of carbonyl (C=O) groups excluding carboxylic acids is 3. The van der Waals surface area contributed by atoms with E-state index in [0.717, 1.165) is 12.8 Å². The van der Waals surface area contributed by atoms with Crippen LogP contribution in [-0.2, 0) is 14.3 Å². The average Bonchev–Trinajstić information content (AvgIpc) is 2.53. The Morgan fingerprint density at radius 2 is 2.14 bits per heavy atom. The maximum atomic E-state index is 12.1. The van der Waals surface area contributed by atoms with E-state index in [2.05, 4.69) is 4.98 Å². The third-order valence-electron chi connectivity index (χ3n) is 3.35. The van der Waals surface area contributed by atoms with E-state index in [9.17, 15) is 14.4 Å². The number of aromatic nitrogens is 1. The van der Waals surface area contributed by atoms with Crippen molar-refractivity contribution >= 4 is 17.8 Å². The van der Waals surface area contributed by atoms with E-state index in [4.69, 9.17) is 10.5 Å². The number of pyridine rings is 1. The molecule has 1 aliphatic rings. The highest BCUT2D eigenvalue weighted by atomic mass is 16.5. The molecule has 0 aromatic carbocycles. The van der Waals surface area contributed by atoms with Crippen LogP contribution in [0.4, 0.5) is 0 Å². The van der Waals surface area contributed by atoms with Crippen LogP contribution in [0, 0.1) is 0 Å². The molecule has 1 unspecified atom stereocenters. The number of likely N-dealkylation sites (tertiary alicyclic amines) is 1. The molecular formula is C14H17N3O4. The summed E-state index contributed by atoms with van der Waals surface area (Å²) in [5.74, 6) is -1.61. The molecule has 2 amide bonds. The van der Waals surface area contributed by atoms with Crippen LogP contribution >= 0.6 is 0 Å². The van der Waals surface area contributed by atoms with Gasteiger partial charge in [-0.05, 0) is 31.4 Å². The van der Waals surface area contributed by atoms with E-state index in [-0.39, 0.29) is 5.69 Å². The number of carbonyl (C=O) groups is 3. The van der Waals surface area contributed by atoms with Crippen LogP contribution in [0.2, 0.25) is 0 Å². The number of esters is 1. The first-order valence-corrected chi connectivity index (χ1v) is 6.76. The summed E-state index contributed by atoms with van der Waals surface area (Å²) in [6, 6.07) is 4.21. The van der Waals surface area contributed by atoms with Gasteiger partial charge in [0.25, 0.3) is 5.91 Å². The second kappa shape index (κ2) is 6.83. The van der Waals surface area contributed by atoms with Crippen LogP contribution < -0.4 is 5.73 Å². The molecule has 7 heteroatoms. The zero-order chi connectivity index (χ0) is 15.2. The van der Waals surface area contributed by atoms with Gasteiger partial charge in [0.05, 0.1) is 0 Å². The lowest BCUT2D eigenvalue weighted by Crippen LogP contribution is -2.51. The Kier molecular flexibility index (Phi) is 4.86. The lowest BCUT2D eigenvalue weighted by molar-refractivity contribution is -0.143. The number of rotatable bonds is 4. The number of hydrogen-bond donors (Lipinski definition) is 1. The van der Waals surface area contributed by atoms with Gasteiger partial charge < -0.3 is 15.4 Å². The lowest BCUT2D eigenvalue weighted by Gasteiger charge is -2.33. The maximum Gasteiger partial charge on any atom is 0.357 e. The van der Waals surface area contributed by atoms with E-state index in [1.165, 1.54) is 17.2 Å². The molecule has 0 saturated carbocycles. The monoisotopic (exact) mass is 291 g/mol. The molecule has 2 N–H and O–H groups in total. The second-order valence-electron chi connectivity index (χ2n) is 4.79. The first-order chi connectivity index (χ1) is 10.1. The van der Waals surface area contributed by atoms with Crippen LogP contribution in [0.5, 0.6) is 0 Å². The molecule has 1 saturated heterocycles. The van der Waals surface area contributed by atoms with Crippen molar-refractivity contribution in [2.75, 3.05) is 13.2 Å². The summed E-state index contributed by atoms with van der Waals surface area (Å²) in [6.45, 7) is 0.0345. The molecule has 0 radical (unpaired) electrons. The topological polar surface area (TPSA) is 103 Å². The van der Waals surface area contributed by atoms with Crippen LogP contribution in [0.15, 0.2) is 24.4 Å². The van der Waals surface area contributed by atoms with E-state index in [1.54, 1.807) is 12.1 Å². The molecule has 112 valence electrons. The van der Waals surface area contributed by atoms with Crippen LogP contribution in [0.25, 0.3) is 0 Å². The van der Waals surface area contributed by atoms with Crippen LogP contribution in [0.1, 0.15) is 29.8 Å². The number of piperidine rings is 1. The minimum absolute atomic E-state index is 0.135. The normalized spacial score (nSPS) is 18.1. The number of amides is 2. The predicted octanol–water partition coefficient (Wildman–Crippen LogP) is 0.105. The summed E-state index contributed by atoms with van der Waals surface area (Å²) < 4.78 is 4.93. The average molecular weight is 291 g/mol. The Morgan fingerprint density at radius 3 is 2.81 bits per heavy atom. The number of nitrogens with zero attached hydrogens (tertiary/aromatic N) is 2. The van der Waals surface area contributed by atoms with Gasteiger partial charge in [-0.2, -0.15) is 0 Å². The minimum atomic E-state index is -0.670. The quantitative estimate of drug-likeness (QED) is 0.793. The van der Waals surface area contributed by atoms with Crippen molar-refractivity contribution in [1.29, 1.82) is 0 Å². The Bertz CT molecular complexity index is 532. The van der Waals surface area contributed by atoms with Crippen molar-refractivity contribution in [1.82, 2.24) is 9.88 Å².